The van der Waals surface area contributed by atoms with E-state index in [1.54, 1.807) is 18.2 Å². The van der Waals surface area contributed by atoms with E-state index in [4.69, 9.17) is 0 Å². The van der Waals surface area contributed by atoms with Gasteiger partial charge in [-0.1, -0.05) is 42.5 Å². The maximum Gasteiger partial charge on any atom is 0.225 e. The summed E-state index contributed by atoms with van der Waals surface area (Å²) < 4.78 is 13.4. The summed E-state index contributed by atoms with van der Waals surface area (Å²) in [4.78, 5) is 11.7. The number of hydrogen-bond donors (Lipinski definition) is 2. The van der Waals surface area contributed by atoms with Gasteiger partial charge in [-0.05, 0) is 37.1 Å². The number of carbonyl (C=O) groups excluding carboxylic acids is 1. The number of halogens is 1. The lowest BCUT2D eigenvalue weighted by Crippen LogP contribution is -2.23. The molecule has 2 aromatic carbocycles. The summed E-state index contributed by atoms with van der Waals surface area (Å²) in [7, 11) is 0. The van der Waals surface area contributed by atoms with Crippen LogP contribution in [0.25, 0.3) is 0 Å². The largest absolute Gasteiger partial charge is 0.324 e. The van der Waals surface area contributed by atoms with Crippen LogP contribution in [-0.2, 0) is 11.2 Å². The van der Waals surface area contributed by atoms with E-state index >= 15 is 0 Å². The maximum absolute atomic E-state index is 13.4. The minimum absolute atomic E-state index is 0.180. The first-order valence-corrected chi connectivity index (χ1v) is 7.55. The standard InChI is InChI=1S/C18H21FN2O/c19-16-10-4-5-11-17(16)21-18(22)12-14-20-13-6-9-15-7-2-1-3-8-15/h1-5,7-8,10-11,20H,6,9,12-14H2,(H,21,22). The molecule has 4 heteroatoms. The van der Waals surface area contributed by atoms with Crippen molar-refractivity contribution in [3.05, 3.63) is 66.0 Å². The molecule has 0 bridgehead atoms. The zero-order valence-corrected chi connectivity index (χ0v) is 12.5. The molecule has 0 saturated heterocycles. The molecule has 0 aromatic heterocycles. The number of nitrogens with one attached hydrogen (secondary N) is 2. The molecule has 2 rings (SSSR count). The zero-order chi connectivity index (χ0) is 15.6. The predicted molar refractivity (Wildman–Crippen MR) is 87.3 cm³/mol. The fraction of sp³-hybridized carbons (Fsp3) is 0.278. The van der Waals surface area contributed by atoms with E-state index in [0.717, 1.165) is 19.4 Å². The van der Waals surface area contributed by atoms with Crippen LogP contribution in [0.5, 0.6) is 0 Å². The highest BCUT2D eigenvalue weighted by Crippen LogP contribution is 2.12. The molecule has 3 nitrogen and oxygen atoms in total. The minimum atomic E-state index is -0.410. The van der Waals surface area contributed by atoms with Crippen molar-refractivity contribution in [2.24, 2.45) is 0 Å². The summed E-state index contributed by atoms with van der Waals surface area (Å²) in [5, 5.41) is 5.81. The number of anilines is 1. The third kappa shape index (κ3) is 5.66. The van der Waals surface area contributed by atoms with Crippen molar-refractivity contribution in [1.82, 2.24) is 5.32 Å². The Morgan fingerprint density at radius 3 is 2.45 bits per heavy atom. The van der Waals surface area contributed by atoms with E-state index < -0.39 is 5.82 Å². The molecule has 0 atom stereocenters. The average Bonchev–Trinajstić information content (AvgIpc) is 2.54. The Labute approximate surface area is 130 Å². The quantitative estimate of drug-likeness (QED) is 0.734. The lowest BCUT2D eigenvalue weighted by molar-refractivity contribution is -0.116. The number of para-hydroxylation sites is 1. The van der Waals surface area contributed by atoms with Crippen LogP contribution in [0.2, 0.25) is 0 Å². The summed E-state index contributed by atoms with van der Waals surface area (Å²) >= 11 is 0. The van der Waals surface area contributed by atoms with Crippen LogP contribution in [0.1, 0.15) is 18.4 Å². The second kappa shape index (κ2) is 8.95. The Hall–Kier alpha value is -2.20. The van der Waals surface area contributed by atoms with Crippen LogP contribution in [0.15, 0.2) is 54.6 Å². The van der Waals surface area contributed by atoms with Crippen LogP contribution in [0, 0.1) is 5.82 Å². The highest BCUT2D eigenvalue weighted by molar-refractivity contribution is 5.90. The first-order chi connectivity index (χ1) is 10.8. The van der Waals surface area contributed by atoms with Crippen LogP contribution in [0.3, 0.4) is 0 Å². The van der Waals surface area contributed by atoms with Crippen molar-refractivity contribution in [2.45, 2.75) is 19.3 Å². The number of hydrogen-bond acceptors (Lipinski definition) is 2. The van der Waals surface area contributed by atoms with Gasteiger partial charge in [0.25, 0.3) is 0 Å². The predicted octanol–water partition coefficient (Wildman–Crippen LogP) is 3.38. The highest BCUT2D eigenvalue weighted by atomic mass is 19.1. The Balaban J connectivity index is 1.57. The fourth-order valence-electron chi connectivity index (χ4n) is 2.16. The third-order valence-corrected chi connectivity index (χ3v) is 3.34. The SMILES string of the molecule is O=C(CCNCCCc1ccccc1)Nc1ccccc1F. The zero-order valence-electron chi connectivity index (χ0n) is 12.5. The number of aryl methyl sites for hydroxylation is 1. The van der Waals surface area contributed by atoms with Crippen LogP contribution in [-0.4, -0.2) is 19.0 Å². The third-order valence-electron chi connectivity index (χ3n) is 3.34. The van der Waals surface area contributed by atoms with Crippen molar-refractivity contribution >= 4 is 11.6 Å². The molecule has 0 aliphatic carbocycles. The molecule has 116 valence electrons. The summed E-state index contributed by atoms with van der Waals surface area (Å²) in [5.74, 6) is -0.590. The van der Waals surface area contributed by atoms with E-state index in [-0.39, 0.29) is 11.6 Å². The lowest BCUT2D eigenvalue weighted by atomic mass is 10.1. The first-order valence-electron chi connectivity index (χ1n) is 7.55. The van der Waals surface area contributed by atoms with E-state index in [1.807, 2.05) is 18.2 Å². The van der Waals surface area contributed by atoms with Gasteiger partial charge in [0, 0.05) is 13.0 Å². The van der Waals surface area contributed by atoms with Gasteiger partial charge < -0.3 is 10.6 Å². The van der Waals surface area contributed by atoms with Gasteiger partial charge >= 0.3 is 0 Å². The van der Waals surface area contributed by atoms with Gasteiger partial charge in [-0.2, -0.15) is 0 Å². The molecule has 0 aliphatic heterocycles. The van der Waals surface area contributed by atoms with Gasteiger partial charge in [0.15, 0.2) is 0 Å². The number of amides is 1. The van der Waals surface area contributed by atoms with Gasteiger partial charge in [0.05, 0.1) is 5.69 Å². The minimum Gasteiger partial charge on any atom is -0.324 e. The average molecular weight is 300 g/mol. The van der Waals surface area contributed by atoms with Gasteiger partial charge in [-0.25, -0.2) is 4.39 Å². The van der Waals surface area contributed by atoms with Crippen LogP contribution >= 0.6 is 0 Å². The summed E-state index contributed by atoms with van der Waals surface area (Å²) in [5.41, 5.74) is 1.55. The molecule has 22 heavy (non-hydrogen) atoms. The molecule has 1 amide bonds. The second-order valence-corrected chi connectivity index (χ2v) is 5.12. The fourth-order valence-corrected chi connectivity index (χ4v) is 2.16. The monoisotopic (exact) mass is 300 g/mol. The van der Waals surface area contributed by atoms with E-state index in [1.165, 1.54) is 11.6 Å². The van der Waals surface area contributed by atoms with Crippen molar-refractivity contribution < 1.29 is 9.18 Å². The molecule has 0 radical (unpaired) electrons. The van der Waals surface area contributed by atoms with Gasteiger partial charge in [-0.15, -0.1) is 0 Å². The van der Waals surface area contributed by atoms with Crippen molar-refractivity contribution in [2.75, 3.05) is 18.4 Å². The van der Waals surface area contributed by atoms with Crippen molar-refractivity contribution in [1.29, 1.82) is 0 Å². The van der Waals surface area contributed by atoms with Crippen LogP contribution in [0.4, 0.5) is 10.1 Å². The smallest absolute Gasteiger partial charge is 0.225 e. The number of rotatable bonds is 8. The second-order valence-electron chi connectivity index (χ2n) is 5.12. The molecule has 0 fully saturated rings. The Bertz CT molecular complexity index is 587. The van der Waals surface area contributed by atoms with Gasteiger partial charge in [0.2, 0.25) is 5.91 Å². The Morgan fingerprint density at radius 1 is 0.955 bits per heavy atom. The van der Waals surface area contributed by atoms with E-state index in [2.05, 4.69) is 22.8 Å². The van der Waals surface area contributed by atoms with E-state index in [0.29, 0.717) is 13.0 Å². The molecular formula is C18H21FN2O. The molecule has 0 heterocycles. The highest BCUT2D eigenvalue weighted by Gasteiger charge is 2.05. The number of carbonyl (C=O) groups is 1. The molecule has 2 aromatic rings. The molecular weight excluding hydrogens is 279 g/mol. The number of benzene rings is 2. The molecule has 0 aliphatic rings. The normalized spacial score (nSPS) is 10.4. The Kier molecular flexibility index (Phi) is 6.58. The van der Waals surface area contributed by atoms with Gasteiger partial charge in [-0.3, -0.25) is 4.79 Å². The topological polar surface area (TPSA) is 41.1 Å². The molecule has 0 saturated carbocycles. The van der Waals surface area contributed by atoms with Crippen molar-refractivity contribution in [3.63, 3.8) is 0 Å². The molecule has 0 spiro atoms. The lowest BCUT2D eigenvalue weighted by Gasteiger charge is -2.07. The maximum atomic E-state index is 13.4. The van der Waals surface area contributed by atoms with Crippen LogP contribution < -0.4 is 10.6 Å². The van der Waals surface area contributed by atoms with Gasteiger partial charge in [0.1, 0.15) is 5.82 Å². The first kappa shape index (κ1) is 16.2. The van der Waals surface area contributed by atoms with E-state index in [9.17, 15) is 9.18 Å². The summed E-state index contributed by atoms with van der Waals surface area (Å²) in [6.07, 6.45) is 2.38. The molecule has 2 N–H and O–H groups in total. The summed E-state index contributed by atoms with van der Waals surface area (Å²) in [6, 6.07) is 16.5. The summed E-state index contributed by atoms with van der Waals surface area (Å²) in [6.45, 7) is 1.46. The molecule has 0 unspecified atom stereocenters. The Morgan fingerprint density at radius 2 is 1.68 bits per heavy atom. The van der Waals surface area contributed by atoms with Crippen molar-refractivity contribution in [3.8, 4) is 0 Å².